The van der Waals surface area contributed by atoms with Gasteiger partial charge in [0.1, 0.15) is 0 Å². The largest absolute Gasteiger partial charge is 0.0885 e. The molecule has 0 aromatic carbocycles. The van der Waals surface area contributed by atoms with E-state index in [-0.39, 0.29) is 0 Å². The first-order valence-corrected chi connectivity index (χ1v) is 5.78. The van der Waals surface area contributed by atoms with Crippen molar-refractivity contribution in [2.75, 3.05) is 0 Å². The summed E-state index contributed by atoms with van der Waals surface area (Å²) in [4.78, 5) is 0. The Morgan fingerprint density at radius 3 is 2.69 bits per heavy atom. The van der Waals surface area contributed by atoms with Crippen LogP contribution in [0.5, 0.6) is 0 Å². The van der Waals surface area contributed by atoms with Gasteiger partial charge in [-0.15, -0.1) is 0 Å². The zero-order valence-electron chi connectivity index (χ0n) is 8.41. The van der Waals surface area contributed by atoms with Crippen molar-refractivity contribution in [3.8, 4) is 0 Å². The molecule has 72 valence electrons. The predicted octanol–water partition coefficient (Wildman–Crippen LogP) is 4.09. The molecule has 2 aliphatic carbocycles. The summed E-state index contributed by atoms with van der Waals surface area (Å²) >= 11 is 0. The molecule has 0 amide bonds. The Morgan fingerprint density at radius 1 is 0.846 bits per heavy atom. The fourth-order valence-electron chi connectivity index (χ4n) is 2.61. The SMILES string of the molecule is C1=CC(C2C/C=C\CCCC2)CC1. The lowest BCUT2D eigenvalue weighted by atomic mass is 9.83. The maximum absolute atomic E-state index is 2.46. The second kappa shape index (κ2) is 4.64. The molecule has 2 rings (SSSR count). The second-order valence-corrected chi connectivity index (χ2v) is 4.42. The van der Waals surface area contributed by atoms with Crippen LogP contribution in [0.3, 0.4) is 0 Å². The molecule has 0 spiro atoms. The van der Waals surface area contributed by atoms with Crippen molar-refractivity contribution >= 4 is 0 Å². The van der Waals surface area contributed by atoms with Gasteiger partial charge in [-0.3, -0.25) is 0 Å². The molecule has 0 bridgehead atoms. The lowest BCUT2D eigenvalue weighted by molar-refractivity contribution is 0.351. The number of rotatable bonds is 1. The molecular formula is C13H20. The summed E-state index contributed by atoms with van der Waals surface area (Å²) in [6.07, 6.45) is 19.3. The van der Waals surface area contributed by atoms with E-state index in [1.807, 2.05) is 0 Å². The zero-order chi connectivity index (χ0) is 8.93. The molecule has 13 heavy (non-hydrogen) atoms. The van der Waals surface area contributed by atoms with Crippen LogP contribution in [0.15, 0.2) is 24.3 Å². The fourth-order valence-corrected chi connectivity index (χ4v) is 2.61. The quantitative estimate of drug-likeness (QED) is 0.528. The summed E-state index contributed by atoms with van der Waals surface area (Å²) in [6, 6.07) is 0. The molecule has 2 atom stereocenters. The average Bonchev–Trinajstić information content (AvgIpc) is 2.55. The van der Waals surface area contributed by atoms with E-state index in [2.05, 4.69) is 24.3 Å². The predicted molar refractivity (Wildman–Crippen MR) is 57.6 cm³/mol. The minimum Gasteiger partial charge on any atom is -0.0885 e. The standard InChI is InChI=1S/C13H20/c1-2-4-8-12(9-5-3-1)13-10-6-7-11-13/h2,4,6,10,12-13H,1,3,5,7-9,11H2/b4-2-. The molecule has 0 aromatic rings. The van der Waals surface area contributed by atoms with Crippen LogP contribution in [0.25, 0.3) is 0 Å². The Balaban J connectivity index is 1.91. The van der Waals surface area contributed by atoms with Crippen molar-refractivity contribution in [1.29, 1.82) is 0 Å². The maximum atomic E-state index is 2.46. The van der Waals surface area contributed by atoms with E-state index in [9.17, 15) is 0 Å². The summed E-state index contributed by atoms with van der Waals surface area (Å²) in [5.74, 6) is 1.86. The van der Waals surface area contributed by atoms with Gasteiger partial charge in [0.05, 0.1) is 0 Å². The van der Waals surface area contributed by atoms with E-state index >= 15 is 0 Å². The maximum Gasteiger partial charge on any atom is -0.0199 e. The highest BCUT2D eigenvalue weighted by Crippen LogP contribution is 2.32. The van der Waals surface area contributed by atoms with Crippen LogP contribution in [-0.2, 0) is 0 Å². The summed E-state index contributed by atoms with van der Waals surface area (Å²) < 4.78 is 0. The van der Waals surface area contributed by atoms with Crippen molar-refractivity contribution in [3.63, 3.8) is 0 Å². The van der Waals surface area contributed by atoms with Crippen molar-refractivity contribution in [1.82, 2.24) is 0 Å². The van der Waals surface area contributed by atoms with E-state index in [0.29, 0.717) is 0 Å². The van der Waals surface area contributed by atoms with E-state index in [4.69, 9.17) is 0 Å². The van der Waals surface area contributed by atoms with E-state index in [1.54, 1.807) is 0 Å². The Hall–Kier alpha value is -0.520. The first kappa shape index (κ1) is 9.05. The van der Waals surface area contributed by atoms with Gasteiger partial charge in [0, 0.05) is 0 Å². The van der Waals surface area contributed by atoms with Crippen molar-refractivity contribution < 1.29 is 0 Å². The van der Waals surface area contributed by atoms with Crippen LogP contribution in [0.4, 0.5) is 0 Å². The molecule has 2 aliphatic rings. The second-order valence-electron chi connectivity index (χ2n) is 4.42. The molecule has 0 aromatic heterocycles. The normalized spacial score (nSPS) is 36.9. The molecule has 0 heteroatoms. The zero-order valence-corrected chi connectivity index (χ0v) is 8.41. The third-order valence-corrected chi connectivity index (χ3v) is 3.46. The van der Waals surface area contributed by atoms with Crippen LogP contribution in [0, 0.1) is 11.8 Å². The number of hydrogen-bond acceptors (Lipinski definition) is 0. The number of allylic oxidation sites excluding steroid dienone is 4. The van der Waals surface area contributed by atoms with Crippen LogP contribution in [0.1, 0.15) is 44.9 Å². The smallest absolute Gasteiger partial charge is 0.0199 e. The van der Waals surface area contributed by atoms with Gasteiger partial charge in [0.25, 0.3) is 0 Å². The molecule has 0 radical (unpaired) electrons. The van der Waals surface area contributed by atoms with Gasteiger partial charge in [-0.05, 0) is 50.4 Å². The molecule has 0 fully saturated rings. The summed E-state index contributed by atoms with van der Waals surface area (Å²) in [5, 5.41) is 0. The summed E-state index contributed by atoms with van der Waals surface area (Å²) in [6.45, 7) is 0. The molecule has 0 N–H and O–H groups in total. The van der Waals surface area contributed by atoms with Gasteiger partial charge >= 0.3 is 0 Å². The monoisotopic (exact) mass is 176 g/mol. The third kappa shape index (κ3) is 2.46. The molecular weight excluding hydrogens is 156 g/mol. The molecule has 0 saturated heterocycles. The summed E-state index contributed by atoms with van der Waals surface area (Å²) in [7, 11) is 0. The van der Waals surface area contributed by atoms with Crippen LogP contribution in [-0.4, -0.2) is 0 Å². The molecule has 0 nitrogen and oxygen atoms in total. The Kier molecular flexibility index (Phi) is 3.23. The van der Waals surface area contributed by atoms with E-state index in [1.165, 1.54) is 44.9 Å². The lowest BCUT2D eigenvalue weighted by Gasteiger charge is -2.22. The third-order valence-electron chi connectivity index (χ3n) is 3.46. The minimum absolute atomic E-state index is 0.905. The van der Waals surface area contributed by atoms with Crippen LogP contribution < -0.4 is 0 Å². The average molecular weight is 176 g/mol. The highest BCUT2D eigenvalue weighted by molar-refractivity contribution is 5.01. The first-order chi connectivity index (χ1) is 6.47. The molecule has 0 heterocycles. The van der Waals surface area contributed by atoms with E-state index in [0.717, 1.165) is 11.8 Å². The Bertz CT molecular complexity index is 200. The Labute approximate surface area is 81.7 Å². The fraction of sp³-hybridized carbons (Fsp3) is 0.692. The van der Waals surface area contributed by atoms with Gasteiger partial charge in [0.15, 0.2) is 0 Å². The molecule has 0 saturated carbocycles. The molecule has 0 aliphatic heterocycles. The van der Waals surface area contributed by atoms with Gasteiger partial charge in [-0.2, -0.15) is 0 Å². The van der Waals surface area contributed by atoms with Gasteiger partial charge in [0.2, 0.25) is 0 Å². The lowest BCUT2D eigenvalue weighted by Crippen LogP contribution is -2.11. The highest BCUT2D eigenvalue weighted by atomic mass is 14.2. The van der Waals surface area contributed by atoms with Crippen LogP contribution >= 0.6 is 0 Å². The Morgan fingerprint density at radius 2 is 1.85 bits per heavy atom. The van der Waals surface area contributed by atoms with Gasteiger partial charge in [-0.1, -0.05) is 30.7 Å². The topological polar surface area (TPSA) is 0 Å². The minimum atomic E-state index is 0.905. The first-order valence-electron chi connectivity index (χ1n) is 5.78. The number of hydrogen-bond donors (Lipinski definition) is 0. The van der Waals surface area contributed by atoms with Crippen LogP contribution in [0.2, 0.25) is 0 Å². The summed E-state index contributed by atoms with van der Waals surface area (Å²) in [5.41, 5.74) is 0. The van der Waals surface area contributed by atoms with Crippen molar-refractivity contribution in [2.24, 2.45) is 11.8 Å². The van der Waals surface area contributed by atoms with Gasteiger partial charge in [-0.25, -0.2) is 0 Å². The van der Waals surface area contributed by atoms with E-state index < -0.39 is 0 Å². The van der Waals surface area contributed by atoms with Crippen molar-refractivity contribution in [2.45, 2.75) is 44.9 Å². The van der Waals surface area contributed by atoms with Crippen molar-refractivity contribution in [3.05, 3.63) is 24.3 Å². The highest BCUT2D eigenvalue weighted by Gasteiger charge is 2.20. The van der Waals surface area contributed by atoms with Gasteiger partial charge < -0.3 is 0 Å². The molecule has 2 unspecified atom stereocenters.